The quantitative estimate of drug-likeness (QED) is 0.180. The summed E-state index contributed by atoms with van der Waals surface area (Å²) in [7, 11) is 0. The number of carbonyl (C=O) groups excluding carboxylic acids is 1. The molecule has 198 valence electrons. The average molecular weight is 589 g/mol. The summed E-state index contributed by atoms with van der Waals surface area (Å²) in [5.74, 6) is -2.75. The third kappa shape index (κ3) is 5.54. The van der Waals surface area contributed by atoms with Crippen LogP contribution in [0.1, 0.15) is 22.8 Å². The molecule has 0 radical (unpaired) electrons. The molecule has 0 aliphatic carbocycles. The first kappa shape index (κ1) is 26.9. The van der Waals surface area contributed by atoms with Crippen LogP contribution in [0.3, 0.4) is 0 Å². The molecule has 3 aromatic carbocycles. The molecule has 0 aliphatic rings. The molecule has 0 aliphatic heterocycles. The molecule has 0 amide bonds. The van der Waals surface area contributed by atoms with Crippen LogP contribution in [0.2, 0.25) is 15.1 Å². The number of benzene rings is 3. The molecule has 5 aromatic rings. The van der Waals surface area contributed by atoms with Gasteiger partial charge in [-0.25, -0.2) is 18.3 Å². The Morgan fingerprint density at radius 2 is 1.67 bits per heavy atom. The summed E-state index contributed by atoms with van der Waals surface area (Å²) in [6.07, 6.45) is 0. The monoisotopic (exact) mass is 587 g/mol. The van der Waals surface area contributed by atoms with Crippen molar-refractivity contribution in [3.8, 4) is 22.8 Å². The van der Waals surface area contributed by atoms with Crippen molar-refractivity contribution in [2.75, 3.05) is 6.61 Å². The number of pyridine rings is 1. The zero-order valence-corrected chi connectivity index (χ0v) is 22.5. The minimum Gasteiger partial charge on any atom is -0.472 e. The second-order valence-corrected chi connectivity index (χ2v) is 9.61. The van der Waals surface area contributed by atoms with Gasteiger partial charge < -0.3 is 9.47 Å². The van der Waals surface area contributed by atoms with Gasteiger partial charge in [0.15, 0.2) is 17.3 Å². The van der Waals surface area contributed by atoms with Gasteiger partial charge in [-0.1, -0.05) is 53.0 Å². The minimum atomic E-state index is -1.02. The smallest absolute Gasteiger partial charge is 0.343 e. The van der Waals surface area contributed by atoms with Crippen LogP contribution in [0.15, 0.2) is 66.7 Å². The molecule has 0 saturated heterocycles. The van der Waals surface area contributed by atoms with E-state index in [4.69, 9.17) is 44.3 Å². The van der Waals surface area contributed by atoms with Gasteiger partial charge in [-0.2, -0.15) is 4.98 Å². The van der Waals surface area contributed by atoms with Crippen molar-refractivity contribution in [3.63, 3.8) is 0 Å². The molecule has 0 spiro atoms. The Balaban J connectivity index is 1.70. The fourth-order valence-corrected chi connectivity index (χ4v) is 4.57. The van der Waals surface area contributed by atoms with E-state index in [1.807, 2.05) is 0 Å². The molecule has 0 atom stereocenters. The number of halogens is 5. The van der Waals surface area contributed by atoms with Crippen molar-refractivity contribution in [2.24, 2.45) is 0 Å². The van der Waals surface area contributed by atoms with E-state index in [1.54, 1.807) is 60.1 Å². The van der Waals surface area contributed by atoms with E-state index in [0.717, 1.165) is 17.7 Å². The summed E-state index contributed by atoms with van der Waals surface area (Å²) >= 11 is 18.8. The normalized spacial score (nSPS) is 11.1. The van der Waals surface area contributed by atoms with Gasteiger partial charge in [0.25, 0.3) is 0 Å². The first-order valence-corrected chi connectivity index (χ1v) is 12.8. The van der Waals surface area contributed by atoms with E-state index in [-0.39, 0.29) is 30.3 Å². The lowest BCUT2D eigenvalue weighted by molar-refractivity contribution is 0.0520. The van der Waals surface area contributed by atoms with Gasteiger partial charge in [-0.3, -0.25) is 0 Å². The third-order valence-corrected chi connectivity index (χ3v) is 6.53. The van der Waals surface area contributed by atoms with E-state index >= 15 is 0 Å². The fourth-order valence-electron chi connectivity index (χ4n) is 3.96. The molecule has 2 aromatic heterocycles. The van der Waals surface area contributed by atoms with Crippen LogP contribution in [0.4, 0.5) is 8.78 Å². The molecule has 5 rings (SSSR count). The molecular weight excluding hydrogens is 571 g/mol. The Hall–Kier alpha value is -3.72. The Morgan fingerprint density at radius 1 is 0.923 bits per heavy atom. The van der Waals surface area contributed by atoms with Crippen molar-refractivity contribution < 1.29 is 23.0 Å². The topological polar surface area (TPSA) is 66.2 Å². The number of aromatic nitrogens is 3. The van der Waals surface area contributed by atoms with Crippen molar-refractivity contribution in [3.05, 3.63) is 105 Å². The highest BCUT2D eigenvalue weighted by Gasteiger charge is 2.24. The first-order chi connectivity index (χ1) is 18.7. The van der Waals surface area contributed by atoms with Gasteiger partial charge in [0.05, 0.1) is 23.0 Å². The number of fused-ring (bicyclic) bond motifs is 1. The van der Waals surface area contributed by atoms with Crippen LogP contribution in [-0.2, 0) is 11.3 Å². The first-order valence-electron chi connectivity index (χ1n) is 11.6. The molecule has 0 unspecified atom stereocenters. The van der Waals surface area contributed by atoms with Gasteiger partial charge in [0.1, 0.15) is 12.2 Å². The van der Waals surface area contributed by atoms with Gasteiger partial charge in [-0.15, -0.1) is 5.10 Å². The fraction of sp³-hybridized carbons (Fsp3) is 0.107. The summed E-state index contributed by atoms with van der Waals surface area (Å²) in [6.45, 7) is 1.60. The molecule has 6 nitrogen and oxygen atoms in total. The molecule has 2 heterocycles. The highest BCUT2D eigenvalue weighted by molar-refractivity contribution is 6.35. The highest BCUT2D eigenvalue weighted by Crippen LogP contribution is 2.36. The number of hydrogen-bond donors (Lipinski definition) is 0. The van der Waals surface area contributed by atoms with Gasteiger partial charge in [0.2, 0.25) is 5.88 Å². The number of nitrogens with zero attached hydrogens (tertiary/aromatic N) is 3. The van der Waals surface area contributed by atoms with Crippen molar-refractivity contribution in [1.29, 1.82) is 0 Å². The highest BCUT2D eigenvalue weighted by atomic mass is 35.5. The molecule has 39 heavy (non-hydrogen) atoms. The Bertz CT molecular complexity index is 1710. The molecule has 11 heteroatoms. The number of rotatable bonds is 7. The lowest BCUT2D eigenvalue weighted by Crippen LogP contribution is -2.09. The predicted molar refractivity (Wildman–Crippen MR) is 146 cm³/mol. The average Bonchev–Trinajstić information content (AvgIpc) is 3.27. The molecular formula is C28H18Cl3F2N3O3. The summed E-state index contributed by atoms with van der Waals surface area (Å²) in [5, 5.41) is 6.50. The second-order valence-electron chi connectivity index (χ2n) is 8.33. The maximum atomic E-state index is 13.7. The number of ether oxygens (including phenoxy) is 2. The lowest BCUT2D eigenvalue weighted by Gasteiger charge is -2.11. The second kappa shape index (κ2) is 11.2. The van der Waals surface area contributed by atoms with E-state index in [9.17, 15) is 13.6 Å². The van der Waals surface area contributed by atoms with Gasteiger partial charge in [0, 0.05) is 21.0 Å². The van der Waals surface area contributed by atoms with Crippen molar-refractivity contribution in [1.82, 2.24) is 14.8 Å². The van der Waals surface area contributed by atoms with Crippen LogP contribution < -0.4 is 4.74 Å². The Labute approximate surface area is 236 Å². The van der Waals surface area contributed by atoms with Crippen molar-refractivity contribution >= 4 is 51.8 Å². The van der Waals surface area contributed by atoms with Crippen LogP contribution in [0, 0.1) is 11.6 Å². The molecule has 0 bridgehead atoms. The molecule has 0 fully saturated rings. The number of hydrogen-bond acceptors (Lipinski definition) is 5. The minimum absolute atomic E-state index is 0.0314. The van der Waals surface area contributed by atoms with E-state index in [1.165, 1.54) is 6.07 Å². The van der Waals surface area contributed by atoms with E-state index in [2.05, 4.69) is 10.1 Å². The van der Waals surface area contributed by atoms with Crippen molar-refractivity contribution in [2.45, 2.75) is 13.5 Å². The third-order valence-electron chi connectivity index (χ3n) is 5.74. The largest absolute Gasteiger partial charge is 0.472 e. The SMILES string of the molecule is CCOC(=O)c1cc2c(-c3ccc(Cl)cc3)n(-c3ccc(Cl)cc3Cl)nc2nc1OCc1ccc(F)c(F)c1. The maximum Gasteiger partial charge on any atom is 0.343 e. The predicted octanol–water partition coefficient (Wildman–Crippen LogP) is 8.08. The standard InChI is InChI=1S/C28H18Cl3F2N3O3/c1-2-38-28(37)20-13-19-25(16-4-6-17(29)7-5-16)36(24-10-8-18(30)12-21(24)31)35-26(19)34-27(20)39-14-15-3-9-22(32)23(33)11-15/h3-13H,2,14H2,1H3. The molecule has 0 saturated carbocycles. The van der Waals surface area contributed by atoms with Crippen LogP contribution in [0.25, 0.3) is 28.0 Å². The zero-order chi connectivity index (χ0) is 27.7. The zero-order valence-electron chi connectivity index (χ0n) is 20.2. The van der Waals surface area contributed by atoms with E-state index < -0.39 is 17.6 Å². The van der Waals surface area contributed by atoms with Crippen LogP contribution in [-0.4, -0.2) is 27.3 Å². The Kier molecular flexibility index (Phi) is 7.70. The maximum absolute atomic E-state index is 13.7. The summed E-state index contributed by atoms with van der Waals surface area (Å²) < 4.78 is 39.7. The summed E-state index contributed by atoms with van der Waals surface area (Å²) in [6, 6.07) is 17.0. The summed E-state index contributed by atoms with van der Waals surface area (Å²) in [5.41, 5.74) is 2.43. The summed E-state index contributed by atoms with van der Waals surface area (Å²) in [4.78, 5) is 17.5. The van der Waals surface area contributed by atoms with Gasteiger partial charge in [-0.05, 0) is 61.0 Å². The van der Waals surface area contributed by atoms with Gasteiger partial charge >= 0.3 is 5.97 Å². The van der Waals surface area contributed by atoms with Crippen LogP contribution >= 0.6 is 34.8 Å². The number of carbonyl (C=O) groups is 1. The lowest BCUT2D eigenvalue weighted by atomic mass is 10.1. The van der Waals surface area contributed by atoms with Crippen LogP contribution in [0.5, 0.6) is 5.88 Å². The van der Waals surface area contributed by atoms with E-state index in [0.29, 0.717) is 37.4 Å². The Morgan fingerprint density at radius 3 is 2.36 bits per heavy atom. The molecule has 0 N–H and O–H groups in total. The number of esters is 1.